The lowest BCUT2D eigenvalue weighted by Gasteiger charge is -2.27. The van der Waals surface area contributed by atoms with Crippen molar-refractivity contribution in [2.45, 2.75) is 19.4 Å². The number of anilines is 1. The molecule has 0 spiro atoms. The molecule has 0 bridgehead atoms. The molecular weight excluding hydrogens is 371 g/mol. The standard InChI is InChI=1S/C18H17FN4OS2/c19-14-3-1-12(2-4-14)9-16-21-22-18(26-16)20-10-17(24)23-7-5-15-13(11-23)6-8-25-15/h1-4,6,8H,5,7,9-11H2,(H,20,22). The van der Waals surface area contributed by atoms with Gasteiger partial charge in [-0.25, -0.2) is 4.39 Å². The minimum Gasteiger partial charge on any atom is -0.351 e. The Morgan fingerprint density at radius 2 is 2.08 bits per heavy atom. The van der Waals surface area contributed by atoms with E-state index in [0.29, 0.717) is 18.1 Å². The van der Waals surface area contributed by atoms with Crippen LogP contribution in [0.15, 0.2) is 35.7 Å². The van der Waals surface area contributed by atoms with Crippen LogP contribution in [0.3, 0.4) is 0 Å². The van der Waals surface area contributed by atoms with Gasteiger partial charge in [-0.05, 0) is 41.1 Å². The molecule has 3 heterocycles. The third-order valence-corrected chi connectivity index (χ3v) is 6.19. The highest BCUT2D eigenvalue weighted by molar-refractivity contribution is 7.15. The van der Waals surface area contributed by atoms with Gasteiger partial charge >= 0.3 is 0 Å². The number of fused-ring (bicyclic) bond motifs is 1. The van der Waals surface area contributed by atoms with Crippen LogP contribution >= 0.6 is 22.7 Å². The number of amides is 1. The van der Waals surface area contributed by atoms with Crippen molar-refractivity contribution in [2.24, 2.45) is 0 Å². The molecule has 1 aliphatic heterocycles. The van der Waals surface area contributed by atoms with Crippen LogP contribution in [0.5, 0.6) is 0 Å². The van der Waals surface area contributed by atoms with E-state index in [0.717, 1.165) is 23.5 Å². The van der Waals surface area contributed by atoms with Crippen LogP contribution in [0.4, 0.5) is 9.52 Å². The minimum atomic E-state index is -0.251. The minimum absolute atomic E-state index is 0.0668. The molecule has 134 valence electrons. The van der Waals surface area contributed by atoms with E-state index in [4.69, 9.17) is 0 Å². The van der Waals surface area contributed by atoms with Crippen LogP contribution < -0.4 is 5.32 Å². The fourth-order valence-corrected chi connectivity index (χ4v) is 4.56. The maximum Gasteiger partial charge on any atom is 0.242 e. The van der Waals surface area contributed by atoms with Crippen LogP contribution in [-0.2, 0) is 24.2 Å². The first-order valence-electron chi connectivity index (χ1n) is 8.31. The summed E-state index contributed by atoms with van der Waals surface area (Å²) in [6.07, 6.45) is 1.53. The molecule has 0 aliphatic carbocycles. The van der Waals surface area contributed by atoms with E-state index in [1.54, 1.807) is 23.5 Å². The van der Waals surface area contributed by atoms with E-state index >= 15 is 0 Å². The van der Waals surface area contributed by atoms with Gasteiger partial charge in [0, 0.05) is 24.4 Å². The maximum absolute atomic E-state index is 13.0. The molecule has 0 saturated heterocycles. The Kier molecular flexibility index (Phi) is 4.94. The highest BCUT2D eigenvalue weighted by Crippen LogP contribution is 2.24. The van der Waals surface area contributed by atoms with Crippen molar-refractivity contribution in [2.75, 3.05) is 18.4 Å². The molecule has 0 saturated carbocycles. The van der Waals surface area contributed by atoms with Crippen LogP contribution in [0.2, 0.25) is 0 Å². The Balaban J connectivity index is 1.30. The lowest BCUT2D eigenvalue weighted by Crippen LogP contribution is -2.38. The molecule has 5 nitrogen and oxygen atoms in total. The summed E-state index contributed by atoms with van der Waals surface area (Å²) in [6, 6.07) is 8.45. The average Bonchev–Trinajstić information content (AvgIpc) is 3.30. The van der Waals surface area contributed by atoms with E-state index in [1.807, 2.05) is 4.90 Å². The van der Waals surface area contributed by atoms with Gasteiger partial charge in [-0.3, -0.25) is 4.79 Å². The normalized spacial score (nSPS) is 13.5. The first kappa shape index (κ1) is 17.1. The van der Waals surface area contributed by atoms with Crippen LogP contribution in [0.1, 0.15) is 21.0 Å². The first-order chi connectivity index (χ1) is 12.7. The van der Waals surface area contributed by atoms with Gasteiger partial charge in [0.05, 0.1) is 6.54 Å². The van der Waals surface area contributed by atoms with Crippen LogP contribution in [0.25, 0.3) is 0 Å². The molecule has 1 N–H and O–H groups in total. The fraction of sp³-hybridized carbons (Fsp3) is 0.278. The summed E-state index contributed by atoms with van der Waals surface area (Å²) < 4.78 is 13.0. The molecule has 3 aromatic rings. The fourth-order valence-electron chi connectivity index (χ4n) is 2.90. The van der Waals surface area contributed by atoms with Crippen LogP contribution in [-0.4, -0.2) is 34.1 Å². The zero-order valence-electron chi connectivity index (χ0n) is 13.9. The second-order valence-electron chi connectivity index (χ2n) is 6.09. The van der Waals surface area contributed by atoms with Crippen molar-refractivity contribution in [3.63, 3.8) is 0 Å². The quantitative estimate of drug-likeness (QED) is 0.728. The summed E-state index contributed by atoms with van der Waals surface area (Å²) in [5.41, 5.74) is 2.23. The topological polar surface area (TPSA) is 58.1 Å². The first-order valence-corrected chi connectivity index (χ1v) is 10.0. The zero-order chi connectivity index (χ0) is 17.9. The van der Waals surface area contributed by atoms with Crippen molar-refractivity contribution < 1.29 is 9.18 Å². The lowest BCUT2D eigenvalue weighted by atomic mass is 10.1. The molecule has 1 amide bonds. The Morgan fingerprint density at radius 1 is 1.23 bits per heavy atom. The number of carbonyl (C=O) groups excluding carboxylic acids is 1. The molecule has 0 atom stereocenters. The van der Waals surface area contributed by atoms with Crippen molar-refractivity contribution in [1.29, 1.82) is 0 Å². The second kappa shape index (κ2) is 7.51. The molecule has 0 unspecified atom stereocenters. The molecule has 4 rings (SSSR count). The van der Waals surface area contributed by atoms with Crippen molar-refractivity contribution in [1.82, 2.24) is 15.1 Å². The number of benzene rings is 1. The summed E-state index contributed by atoms with van der Waals surface area (Å²) in [6.45, 7) is 1.66. The number of nitrogens with one attached hydrogen (secondary N) is 1. The SMILES string of the molecule is O=C(CNc1nnc(Cc2ccc(F)cc2)s1)N1CCc2sccc2C1. The number of hydrogen-bond acceptors (Lipinski definition) is 6. The number of thiophene rings is 1. The van der Waals surface area contributed by atoms with Crippen molar-refractivity contribution >= 4 is 33.7 Å². The van der Waals surface area contributed by atoms with Crippen molar-refractivity contribution in [3.05, 3.63) is 62.5 Å². The van der Waals surface area contributed by atoms with E-state index < -0.39 is 0 Å². The van der Waals surface area contributed by atoms with Crippen molar-refractivity contribution in [3.8, 4) is 0 Å². The summed E-state index contributed by atoms with van der Waals surface area (Å²) in [7, 11) is 0. The predicted octanol–water partition coefficient (Wildman–Crippen LogP) is 3.33. The Hall–Kier alpha value is -2.32. The maximum atomic E-state index is 13.0. The van der Waals surface area contributed by atoms with E-state index in [2.05, 4.69) is 27.0 Å². The van der Waals surface area contributed by atoms with Crippen LogP contribution in [0, 0.1) is 5.82 Å². The molecule has 0 fully saturated rings. The average molecular weight is 388 g/mol. The number of halogens is 1. The summed E-state index contributed by atoms with van der Waals surface area (Å²) in [4.78, 5) is 15.7. The number of aromatic nitrogens is 2. The number of nitrogens with zero attached hydrogens (tertiary/aromatic N) is 3. The Bertz CT molecular complexity index is 906. The molecule has 1 aliphatic rings. The molecule has 1 aromatic carbocycles. The summed E-state index contributed by atoms with van der Waals surface area (Å²) >= 11 is 3.18. The Morgan fingerprint density at radius 3 is 2.92 bits per heavy atom. The van der Waals surface area contributed by atoms with Gasteiger partial charge in [-0.1, -0.05) is 23.5 Å². The number of rotatable bonds is 5. The smallest absolute Gasteiger partial charge is 0.242 e. The number of carbonyl (C=O) groups is 1. The van der Waals surface area contributed by atoms with E-state index in [-0.39, 0.29) is 18.3 Å². The van der Waals surface area contributed by atoms with Gasteiger partial charge in [-0.2, -0.15) is 0 Å². The molecule has 8 heteroatoms. The largest absolute Gasteiger partial charge is 0.351 e. The Labute approximate surface area is 158 Å². The van der Waals surface area contributed by atoms with Gasteiger partial charge < -0.3 is 10.2 Å². The third-order valence-electron chi connectivity index (χ3n) is 4.29. The lowest BCUT2D eigenvalue weighted by molar-refractivity contribution is -0.130. The van der Waals surface area contributed by atoms with Gasteiger partial charge in [-0.15, -0.1) is 21.5 Å². The molecular formula is C18H17FN4OS2. The highest BCUT2D eigenvalue weighted by Gasteiger charge is 2.21. The van der Waals surface area contributed by atoms with Gasteiger partial charge in [0.15, 0.2) is 0 Å². The molecule has 2 aromatic heterocycles. The van der Waals surface area contributed by atoms with E-state index in [1.165, 1.54) is 33.9 Å². The monoisotopic (exact) mass is 388 g/mol. The van der Waals surface area contributed by atoms with E-state index in [9.17, 15) is 9.18 Å². The van der Waals surface area contributed by atoms with Gasteiger partial charge in [0.1, 0.15) is 10.8 Å². The molecule has 26 heavy (non-hydrogen) atoms. The number of hydrogen-bond donors (Lipinski definition) is 1. The third kappa shape index (κ3) is 3.91. The van der Waals surface area contributed by atoms with Gasteiger partial charge in [0.2, 0.25) is 11.0 Å². The molecule has 0 radical (unpaired) electrons. The zero-order valence-corrected chi connectivity index (χ0v) is 15.6. The highest BCUT2D eigenvalue weighted by atomic mass is 32.1. The summed E-state index contributed by atoms with van der Waals surface area (Å²) in [5, 5.41) is 14.8. The van der Waals surface area contributed by atoms with Gasteiger partial charge in [0.25, 0.3) is 0 Å². The predicted molar refractivity (Wildman–Crippen MR) is 101 cm³/mol. The summed E-state index contributed by atoms with van der Waals surface area (Å²) in [5.74, 6) is -0.184. The second-order valence-corrected chi connectivity index (χ2v) is 8.15.